The molecule has 0 spiro atoms. The summed E-state index contributed by atoms with van der Waals surface area (Å²) in [4.78, 5) is 0. The molecule has 12 heavy (non-hydrogen) atoms. The summed E-state index contributed by atoms with van der Waals surface area (Å²) in [5.74, 6) is 0. The Bertz CT molecular complexity index is 101. The molecular formula is C4H10ClNaO6. The topological polar surface area (TPSA) is 108 Å². The van der Waals surface area contributed by atoms with E-state index < -0.39 is 10.2 Å². The molecular weight excluding hydrogens is 202 g/mol. The van der Waals surface area contributed by atoms with Crippen LogP contribution in [0.15, 0.2) is 0 Å². The van der Waals surface area contributed by atoms with Crippen molar-refractivity contribution in [1.29, 1.82) is 0 Å². The van der Waals surface area contributed by atoms with E-state index in [0.717, 1.165) is 0 Å². The maximum atomic E-state index is 9.75. The third-order valence-electron chi connectivity index (χ3n) is 0.674. The summed E-state index contributed by atoms with van der Waals surface area (Å²) in [6.07, 6.45) is 0. The van der Waals surface area contributed by atoms with Crippen LogP contribution in [0.3, 0.4) is 0 Å². The van der Waals surface area contributed by atoms with E-state index in [1.807, 2.05) is 0 Å². The van der Waals surface area contributed by atoms with Gasteiger partial charge in [0.15, 0.2) is 0 Å². The Morgan fingerprint density at radius 3 is 2.17 bits per heavy atom. The van der Waals surface area contributed by atoms with Crippen LogP contribution < -0.4 is 43.5 Å². The summed E-state index contributed by atoms with van der Waals surface area (Å²) in [7, 11) is -4.35. The fourth-order valence-electron chi connectivity index (χ4n) is 0.352. The van der Waals surface area contributed by atoms with Crippen LogP contribution in [0.1, 0.15) is 1.43 Å². The minimum Gasteiger partial charge on any atom is -1.00 e. The Labute approximate surface area is 95.6 Å². The predicted molar refractivity (Wildman–Crippen MR) is 25.0 cm³/mol. The number of aliphatic hydroxyl groups excluding tert-OH is 1. The second-order valence-corrected chi connectivity index (χ2v) is 2.50. The van der Waals surface area contributed by atoms with Crippen molar-refractivity contribution in [3.63, 3.8) is 0 Å². The van der Waals surface area contributed by atoms with Crippen LogP contribution >= 0.6 is 0 Å². The van der Waals surface area contributed by atoms with E-state index >= 15 is 0 Å². The molecule has 6 nitrogen and oxygen atoms in total. The zero-order valence-corrected chi connectivity index (χ0v) is 9.45. The molecule has 0 bridgehead atoms. The zero-order chi connectivity index (χ0) is 8.74. The van der Waals surface area contributed by atoms with Gasteiger partial charge in [0.05, 0.1) is 34.4 Å². The monoisotopic (exact) mass is 212 g/mol. The Kier molecular flexibility index (Phi) is 11.2. The van der Waals surface area contributed by atoms with Gasteiger partial charge in [0.25, 0.3) is 0 Å². The van der Waals surface area contributed by atoms with Crippen LogP contribution in [-0.4, -0.2) is 31.5 Å². The number of hydrogen-bond donors (Lipinski definition) is 1. The van der Waals surface area contributed by atoms with Gasteiger partial charge in [-0.2, -0.15) is 14.0 Å². The van der Waals surface area contributed by atoms with Crippen molar-refractivity contribution in [1.82, 2.24) is 0 Å². The predicted octanol–water partition coefficient (Wildman–Crippen LogP) is -6.97. The molecule has 0 aliphatic heterocycles. The minimum atomic E-state index is -4.35. The molecule has 0 rings (SSSR count). The molecule has 0 heterocycles. The first kappa shape index (κ1) is 15.5. The Balaban J connectivity index is -0.000000500. The molecule has 0 aromatic rings. The SMILES string of the molecule is [H-].[Na+].[O-][Cl+3]([O-])([O-])OCCOCCO. The van der Waals surface area contributed by atoms with Crippen molar-refractivity contribution in [2.45, 2.75) is 0 Å². The molecule has 0 fully saturated rings. The van der Waals surface area contributed by atoms with Crippen LogP contribution in [0.25, 0.3) is 0 Å². The van der Waals surface area contributed by atoms with E-state index in [9.17, 15) is 14.0 Å². The first-order valence-electron chi connectivity index (χ1n) is 2.80. The van der Waals surface area contributed by atoms with Crippen molar-refractivity contribution < 1.29 is 69.3 Å². The fourth-order valence-corrected chi connectivity index (χ4v) is 0.604. The van der Waals surface area contributed by atoms with E-state index in [0.29, 0.717) is 0 Å². The molecule has 1 N–H and O–H groups in total. The molecule has 0 saturated heterocycles. The van der Waals surface area contributed by atoms with Gasteiger partial charge >= 0.3 is 29.6 Å². The summed E-state index contributed by atoms with van der Waals surface area (Å²) in [6.45, 7) is -0.413. The van der Waals surface area contributed by atoms with Crippen molar-refractivity contribution in [3.8, 4) is 0 Å². The molecule has 0 saturated carbocycles. The summed E-state index contributed by atoms with van der Waals surface area (Å²) in [5, 5.41) is 8.18. The van der Waals surface area contributed by atoms with E-state index in [4.69, 9.17) is 5.11 Å². The van der Waals surface area contributed by atoms with Crippen LogP contribution in [-0.2, 0) is 9.03 Å². The number of halogens is 1. The van der Waals surface area contributed by atoms with Gasteiger partial charge in [0, 0.05) is 0 Å². The van der Waals surface area contributed by atoms with Gasteiger partial charge in [0.1, 0.15) is 0 Å². The third-order valence-corrected chi connectivity index (χ3v) is 1.10. The summed E-state index contributed by atoms with van der Waals surface area (Å²) in [5.41, 5.74) is 0. The molecule has 0 aliphatic rings. The maximum absolute atomic E-state index is 9.75. The van der Waals surface area contributed by atoms with Gasteiger partial charge in [0.2, 0.25) is 6.61 Å². The van der Waals surface area contributed by atoms with Crippen LogP contribution in [0.2, 0.25) is 0 Å². The Morgan fingerprint density at radius 1 is 1.17 bits per heavy atom. The minimum absolute atomic E-state index is 0. The normalized spacial score (nSPS) is 11.0. The molecule has 0 amide bonds. The van der Waals surface area contributed by atoms with Crippen molar-refractivity contribution >= 4 is 0 Å². The van der Waals surface area contributed by atoms with Gasteiger partial charge in [-0.05, 0) is 0 Å². The number of aliphatic hydroxyl groups is 1. The third kappa shape index (κ3) is 13.6. The van der Waals surface area contributed by atoms with Gasteiger partial charge in [-0.15, -0.1) is 0 Å². The largest absolute Gasteiger partial charge is 1.00 e. The molecule has 8 heteroatoms. The van der Waals surface area contributed by atoms with Crippen LogP contribution in [0.5, 0.6) is 0 Å². The van der Waals surface area contributed by atoms with E-state index in [1.54, 1.807) is 0 Å². The molecule has 0 aromatic heterocycles. The molecule has 70 valence electrons. The summed E-state index contributed by atoms with van der Waals surface area (Å²) < 4.78 is 37.6. The van der Waals surface area contributed by atoms with Crippen molar-refractivity contribution in [2.24, 2.45) is 0 Å². The first-order valence-corrected chi connectivity index (χ1v) is 4.03. The average Bonchev–Trinajstić information content (AvgIpc) is 1.85. The van der Waals surface area contributed by atoms with Gasteiger partial charge in [-0.25, -0.2) is 0 Å². The molecule has 0 unspecified atom stereocenters. The number of hydrogen-bond acceptors (Lipinski definition) is 6. The van der Waals surface area contributed by atoms with Crippen molar-refractivity contribution in [2.75, 3.05) is 26.4 Å². The van der Waals surface area contributed by atoms with Crippen LogP contribution in [0, 0.1) is 10.2 Å². The molecule has 0 radical (unpaired) electrons. The summed E-state index contributed by atoms with van der Waals surface area (Å²) in [6, 6.07) is 0. The second-order valence-electron chi connectivity index (χ2n) is 1.53. The Hall–Kier alpha value is 1.05. The van der Waals surface area contributed by atoms with Gasteiger partial charge < -0.3 is 11.3 Å². The fraction of sp³-hybridized carbons (Fsp3) is 1.00. The van der Waals surface area contributed by atoms with E-state index in [-0.39, 0.29) is 57.4 Å². The standard InChI is InChI=1S/C4H9ClO6.Na.H/c6-1-2-10-3-4-11-5(7,8)9;;/h6H,1-4H2;;/q;+1;-1. The maximum Gasteiger partial charge on any atom is 1.00 e. The van der Waals surface area contributed by atoms with Gasteiger partial charge in [-0.3, -0.25) is 0 Å². The van der Waals surface area contributed by atoms with Gasteiger partial charge in [-0.1, -0.05) is 0 Å². The molecule has 0 aliphatic carbocycles. The smallest absolute Gasteiger partial charge is 1.00 e. The summed E-state index contributed by atoms with van der Waals surface area (Å²) >= 11 is 0. The van der Waals surface area contributed by atoms with Crippen LogP contribution in [0.4, 0.5) is 0 Å². The first-order chi connectivity index (χ1) is 5.06. The number of rotatable bonds is 6. The zero-order valence-electron chi connectivity index (χ0n) is 7.69. The Morgan fingerprint density at radius 2 is 1.75 bits per heavy atom. The molecule has 0 aromatic carbocycles. The quantitative estimate of drug-likeness (QED) is 0.346. The van der Waals surface area contributed by atoms with Crippen molar-refractivity contribution in [3.05, 3.63) is 0 Å². The van der Waals surface area contributed by atoms with E-state index in [1.165, 1.54) is 0 Å². The van der Waals surface area contributed by atoms with E-state index in [2.05, 4.69) is 9.03 Å². The molecule has 0 atom stereocenters. The average molecular weight is 213 g/mol. The second kappa shape index (κ2) is 8.64. The number of ether oxygens (including phenoxy) is 1.